The molecule has 0 amide bonds. The van der Waals surface area contributed by atoms with Crippen LogP contribution < -0.4 is 0 Å². The van der Waals surface area contributed by atoms with Crippen molar-refractivity contribution in [3.63, 3.8) is 0 Å². The van der Waals surface area contributed by atoms with Gasteiger partial charge in [-0.25, -0.2) is 0 Å². The van der Waals surface area contributed by atoms with Crippen LogP contribution in [0, 0.1) is 22.7 Å². The first-order valence-corrected chi connectivity index (χ1v) is 11.6. The van der Waals surface area contributed by atoms with Crippen molar-refractivity contribution in [3.05, 3.63) is 0 Å². The molecule has 7 heteroatoms. The molecule has 2 aliphatic heterocycles. The van der Waals surface area contributed by atoms with Crippen LogP contribution >= 0.6 is 0 Å². The van der Waals surface area contributed by atoms with Crippen LogP contribution in [0.4, 0.5) is 0 Å². The summed E-state index contributed by atoms with van der Waals surface area (Å²) < 4.78 is 23.6. The topological polar surface area (TPSA) is 88.1 Å². The zero-order valence-corrected chi connectivity index (χ0v) is 19.5. The van der Waals surface area contributed by atoms with Crippen LogP contribution in [-0.2, 0) is 33.3 Å². The number of cyclic esters (lactones) is 1. The van der Waals surface area contributed by atoms with E-state index in [4.69, 9.17) is 18.9 Å². The molecule has 7 unspecified atom stereocenters. The van der Waals surface area contributed by atoms with Crippen LogP contribution in [-0.4, -0.2) is 48.4 Å². The standard InChI is InChI=1S/C24H36O7/c1-15-6-7-18-21(4,13-28-16(2)25)19(30-17(3)26)8-9-22(18,5)24(15)11-10-23(31-24)12-20(27)29-14-23/h15,18-19H,6-14H2,1-5H3. The first-order valence-electron chi connectivity index (χ1n) is 11.6. The van der Waals surface area contributed by atoms with Gasteiger partial charge in [-0.15, -0.1) is 0 Å². The Kier molecular flexibility index (Phi) is 5.43. The van der Waals surface area contributed by atoms with Gasteiger partial charge in [0.25, 0.3) is 0 Å². The second-order valence-corrected chi connectivity index (χ2v) is 10.9. The minimum absolute atomic E-state index is 0.154. The lowest BCUT2D eigenvalue weighted by Crippen LogP contribution is -2.67. The van der Waals surface area contributed by atoms with E-state index >= 15 is 0 Å². The zero-order valence-electron chi connectivity index (χ0n) is 19.5. The molecule has 31 heavy (non-hydrogen) atoms. The Morgan fingerprint density at radius 1 is 1.06 bits per heavy atom. The van der Waals surface area contributed by atoms with Crippen LogP contribution in [0.5, 0.6) is 0 Å². The number of esters is 3. The summed E-state index contributed by atoms with van der Waals surface area (Å²) in [5, 5.41) is 0. The zero-order chi connectivity index (χ0) is 22.7. The van der Waals surface area contributed by atoms with Gasteiger partial charge in [0.2, 0.25) is 0 Å². The molecule has 2 saturated carbocycles. The molecule has 2 aliphatic carbocycles. The van der Waals surface area contributed by atoms with Gasteiger partial charge in [-0.05, 0) is 50.4 Å². The molecule has 2 heterocycles. The predicted octanol–water partition coefficient (Wildman–Crippen LogP) is 3.57. The van der Waals surface area contributed by atoms with E-state index in [-0.39, 0.29) is 47.6 Å². The average molecular weight is 437 g/mol. The Morgan fingerprint density at radius 2 is 1.81 bits per heavy atom. The molecule has 4 fully saturated rings. The van der Waals surface area contributed by atoms with E-state index in [9.17, 15) is 14.4 Å². The lowest BCUT2D eigenvalue weighted by molar-refractivity contribution is -0.269. The minimum Gasteiger partial charge on any atom is -0.465 e. The Labute approximate surface area is 184 Å². The largest absolute Gasteiger partial charge is 0.465 e. The van der Waals surface area contributed by atoms with Gasteiger partial charge >= 0.3 is 17.9 Å². The SMILES string of the molecule is CC(=O)OCC1(C)C(OC(C)=O)CCC2(C)C1CCC(C)C21CCC2(COC(=O)C2)O1. The first kappa shape index (κ1) is 22.6. The molecule has 2 spiro atoms. The van der Waals surface area contributed by atoms with E-state index in [1.54, 1.807) is 0 Å². The molecule has 0 aromatic rings. The molecular weight excluding hydrogens is 400 g/mol. The third-order valence-corrected chi connectivity index (χ3v) is 9.09. The Hall–Kier alpha value is -1.63. The number of fused-ring (bicyclic) bond motifs is 2. The Balaban J connectivity index is 1.71. The number of hydrogen-bond acceptors (Lipinski definition) is 7. The molecule has 0 aromatic carbocycles. The fourth-order valence-electron chi connectivity index (χ4n) is 7.55. The highest BCUT2D eigenvalue weighted by Gasteiger charge is 2.70. The predicted molar refractivity (Wildman–Crippen MR) is 111 cm³/mol. The number of rotatable bonds is 3. The van der Waals surface area contributed by atoms with Crippen molar-refractivity contribution in [1.29, 1.82) is 0 Å². The van der Waals surface area contributed by atoms with Gasteiger partial charge in [0.05, 0.1) is 12.0 Å². The summed E-state index contributed by atoms with van der Waals surface area (Å²) in [6.07, 6.45) is 5.22. The second-order valence-electron chi connectivity index (χ2n) is 10.9. The summed E-state index contributed by atoms with van der Waals surface area (Å²) in [4.78, 5) is 35.5. The fraction of sp³-hybridized carbons (Fsp3) is 0.875. The van der Waals surface area contributed by atoms with Crippen molar-refractivity contribution in [3.8, 4) is 0 Å². The smallest absolute Gasteiger partial charge is 0.308 e. The number of hydrogen-bond donors (Lipinski definition) is 0. The quantitative estimate of drug-likeness (QED) is 0.494. The van der Waals surface area contributed by atoms with E-state index in [2.05, 4.69) is 20.8 Å². The van der Waals surface area contributed by atoms with Gasteiger partial charge in [0, 0.05) is 24.7 Å². The maximum absolute atomic E-state index is 11.9. The summed E-state index contributed by atoms with van der Waals surface area (Å²) in [5.41, 5.74) is -1.58. The highest BCUT2D eigenvalue weighted by atomic mass is 16.6. The Bertz CT molecular complexity index is 780. The van der Waals surface area contributed by atoms with Gasteiger partial charge < -0.3 is 18.9 Å². The molecule has 0 aromatic heterocycles. The van der Waals surface area contributed by atoms with Crippen LogP contribution in [0.15, 0.2) is 0 Å². The van der Waals surface area contributed by atoms with Crippen molar-refractivity contribution in [2.75, 3.05) is 13.2 Å². The van der Waals surface area contributed by atoms with Crippen LogP contribution in [0.2, 0.25) is 0 Å². The molecular formula is C24H36O7. The second kappa shape index (κ2) is 7.46. The lowest BCUT2D eigenvalue weighted by atomic mass is 9.43. The summed E-state index contributed by atoms with van der Waals surface area (Å²) >= 11 is 0. The number of ether oxygens (including phenoxy) is 4. The third-order valence-electron chi connectivity index (χ3n) is 9.09. The first-order chi connectivity index (χ1) is 14.5. The minimum atomic E-state index is -0.519. The van der Waals surface area contributed by atoms with E-state index in [0.717, 1.165) is 32.1 Å². The van der Waals surface area contributed by atoms with Crippen molar-refractivity contribution >= 4 is 17.9 Å². The van der Waals surface area contributed by atoms with Crippen molar-refractivity contribution in [1.82, 2.24) is 0 Å². The fourth-order valence-corrected chi connectivity index (χ4v) is 7.55. The molecule has 2 saturated heterocycles. The normalized spacial score (nSPS) is 46.6. The summed E-state index contributed by atoms with van der Waals surface area (Å²) in [5.74, 6) is -0.319. The highest BCUT2D eigenvalue weighted by molar-refractivity contribution is 5.73. The van der Waals surface area contributed by atoms with Crippen LogP contribution in [0.25, 0.3) is 0 Å². The van der Waals surface area contributed by atoms with Gasteiger partial charge in [-0.3, -0.25) is 14.4 Å². The molecule has 7 nitrogen and oxygen atoms in total. The van der Waals surface area contributed by atoms with Crippen LogP contribution in [0.1, 0.15) is 79.6 Å². The molecule has 0 N–H and O–H groups in total. The maximum Gasteiger partial charge on any atom is 0.308 e. The van der Waals surface area contributed by atoms with Crippen molar-refractivity contribution < 1.29 is 33.3 Å². The highest BCUT2D eigenvalue weighted by Crippen LogP contribution is 2.68. The molecule has 7 atom stereocenters. The maximum atomic E-state index is 11.9. The molecule has 0 bridgehead atoms. The monoisotopic (exact) mass is 436 g/mol. The van der Waals surface area contributed by atoms with Crippen molar-refractivity contribution in [2.24, 2.45) is 22.7 Å². The molecule has 174 valence electrons. The number of carbonyl (C=O) groups excluding carboxylic acids is 3. The molecule has 4 rings (SSSR count). The van der Waals surface area contributed by atoms with Crippen molar-refractivity contribution in [2.45, 2.75) is 96.9 Å². The third kappa shape index (κ3) is 3.38. The summed E-state index contributed by atoms with van der Waals surface area (Å²) in [7, 11) is 0. The van der Waals surface area contributed by atoms with E-state index in [1.165, 1.54) is 13.8 Å². The van der Waals surface area contributed by atoms with Gasteiger partial charge in [0.1, 0.15) is 24.9 Å². The van der Waals surface area contributed by atoms with E-state index < -0.39 is 11.0 Å². The van der Waals surface area contributed by atoms with E-state index in [1.807, 2.05) is 0 Å². The average Bonchev–Trinajstić information content (AvgIpc) is 3.25. The number of carbonyl (C=O) groups is 3. The van der Waals surface area contributed by atoms with Gasteiger partial charge in [-0.2, -0.15) is 0 Å². The lowest BCUT2D eigenvalue weighted by Gasteiger charge is -2.65. The van der Waals surface area contributed by atoms with Crippen LogP contribution in [0.3, 0.4) is 0 Å². The molecule has 0 radical (unpaired) electrons. The summed E-state index contributed by atoms with van der Waals surface area (Å²) in [6.45, 7) is 10.1. The van der Waals surface area contributed by atoms with Gasteiger partial charge in [-0.1, -0.05) is 20.8 Å². The van der Waals surface area contributed by atoms with Gasteiger partial charge in [0.15, 0.2) is 0 Å². The Morgan fingerprint density at radius 3 is 2.42 bits per heavy atom. The van der Waals surface area contributed by atoms with E-state index in [0.29, 0.717) is 25.4 Å². The molecule has 4 aliphatic rings. The summed E-state index contributed by atoms with van der Waals surface area (Å²) in [6, 6.07) is 0.